The minimum Gasteiger partial charge on any atom is -0.496 e. The summed E-state index contributed by atoms with van der Waals surface area (Å²) in [6.45, 7) is 6.29. The van der Waals surface area contributed by atoms with Gasteiger partial charge in [0.1, 0.15) is 5.75 Å². The SMILES string of the molecule is COc1ccccc1CC(C)(C)C(=O)NCC(C)CO. The number of hydrogen-bond acceptors (Lipinski definition) is 3. The van der Waals surface area contributed by atoms with E-state index in [1.54, 1.807) is 7.11 Å². The van der Waals surface area contributed by atoms with Gasteiger partial charge in [-0.15, -0.1) is 0 Å². The van der Waals surface area contributed by atoms with Gasteiger partial charge in [-0.1, -0.05) is 39.0 Å². The highest BCUT2D eigenvalue weighted by Gasteiger charge is 2.29. The highest BCUT2D eigenvalue weighted by molar-refractivity contribution is 5.82. The number of aliphatic hydroxyl groups excluding tert-OH is 1. The van der Waals surface area contributed by atoms with Gasteiger partial charge in [0.25, 0.3) is 0 Å². The van der Waals surface area contributed by atoms with Crippen LogP contribution < -0.4 is 10.1 Å². The zero-order valence-electron chi connectivity index (χ0n) is 12.8. The lowest BCUT2D eigenvalue weighted by molar-refractivity contribution is -0.129. The topological polar surface area (TPSA) is 58.6 Å². The molecule has 1 rings (SSSR count). The number of benzene rings is 1. The van der Waals surface area contributed by atoms with Gasteiger partial charge in [-0.25, -0.2) is 0 Å². The van der Waals surface area contributed by atoms with Crippen molar-refractivity contribution in [3.05, 3.63) is 29.8 Å². The van der Waals surface area contributed by atoms with Crippen molar-refractivity contribution in [1.29, 1.82) is 0 Å². The largest absolute Gasteiger partial charge is 0.496 e. The minimum absolute atomic E-state index is 0.0105. The summed E-state index contributed by atoms with van der Waals surface area (Å²) in [7, 11) is 1.63. The van der Waals surface area contributed by atoms with Crippen LogP contribution in [0.5, 0.6) is 5.75 Å². The highest BCUT2D eigenvalue weighted by atomic mass is 16.5. The third-order valence-corrected chi connectivity index (χ3v) is 3.36. The molecule has 1 unspecified atom stereocenters. The van der Waals surface area contributed by atoms with Crippen LogP contribution in [-0.4, -0.2) is 31.3 Å². The Balaban J connectivity index is 2.70. The molecule has 0 aliphatic rings. The van der Waals surface area contributed by atoms with E-state index in [-0.39, 0.29) is 18.4 Å². The van der Waals surface area contributed by atoms with E-state index in [0.717, 1.165) is 11.3 Å². The van der Waals surface area contributed by atoms with Crippen molar-refractivity contribution in [3.63, 3.8) is 0 Å². The van der Waals surface area contributed by atoms with Gasteiger partial charge in [0.2, 0.25) is 5.91 Å². The smallest absolute Gasteiger partial charge is 0.226 e. The molecule has 112 valence electrons. The van der Waals surface area contributed by atoms with E-state index in [2.05, 4.69) is 5.32 Å². The first-order valence-corrected chi connectivity index (χ1v) is 6.91. The Morgan fingerprint density at radius 3 is 2.65 bits per heavy atom. The van der Waals surface area contributed by atoms with Crippen molar-refractivity contribution in [2.24, 2.45) is 11.3 Å². The number of carbonyl (C=O) groups is 1. The van der Waals surface area contributed by atoms with E-state index >= 15 is 0 Å². The number of carbonyl (C=O) groups excluding carboxylic acids is 1. The second-order valence-electron chi connectivity index (χ2n) is 5.87. The van der Waals surface area contributed by atoms with Crippen molar-refractivity contribution < 1.29 is 14.6 Å². The molecular formula is C16H25NO3. The van der Waals surface area contributed by atoms with Gasteiger partial charge in [0.05, 0.1) is 7.11 Å². The molecule has 1 aromatic carbocycles. The molecule has 0 aromatic heterocycles. The Morgan fingerprint density at radius 2 is 2.05 bits per heavy atom. The number of aliphatic hydroxyl groups is 1. The van der Waals surface area contributed by atoms with E-state index in [1.807, 2.05) is 45.0 Å². The first-order valence-electron chi connectivity index (χ1n) is 6.91. The van der Waals surface area contributed by atoms with Gasteiger partial charge in [-0.2, -0.15) is 0 Å². The lowest BCUT2D eigenvalue weighted by atomic mass is 9.84. The van der Waals surface area contributed by atoms with Crippen LogP contribution in [0.15, 0.2) is 24.3 Å². The van der Waals surface area contributed by atoms with Crippen LogP contribution in [-0.2, 0) is 11.2 Å². The Morgan fingerprint density at radius 1 is 1.40 bits per heavy atom. The summed E-state index contributed by atoms with van der Waals surface area (Å²) in [4.78, 5) is 12.3. The normalized spacial score (nSPS) is 12.8. The summed E-state index contributed by atoms with van der Waals surface area (Å²) in [5, 5.41) is 11.9. The summed E-state index contributed by atoms with van der Waals surface area (Å²) in [5.41, 5.74) is 0.495. The second-order valence-corrected chi connectivity index (χ2v) is 5.87. The molecule has 0 bridgehead atoms. The van der Waals surface area contributed by atoms with E-state index < -0.39 is 5.41 Å². The van der Waals surface area contributed by atoms with Crippen LogP contribution in [0, 0.1) is 11.3 Å². The third-order valence-electron chi connectivity index (χ3n) is 3.36. The molecule has 0 saturated carbocycles. The van der Waals surface area contributed by atoms with Crippen LogP contribution in [0.3, 0.4) is 0 Å². The summed E-state index contributed by atoms with van der Waals surface area (Å²) in [6.07, 6.45) is 0.607. The maximum absolute atomic E-state index is 12.3. The molecule has 1 amide bonds. The number of para-hydroxylation sites is 1. The Bertz CT molecular complexity index is 443. The predicted octanol–water partition coefficient (Wildman–Crippen LogP) is 2.01. The van der Waals surface area contributed by atoms with Crippen molar-refractivity contribution in [2.45, 2.75) is 27.2 Å². The van der Waals surface area contributed by atoms with E-state index in [0.29, 0.717) is 13.0 Å². The fraction of sp³-hybridized carbons (Fsp3) is 0.562. The molecule has 0 heterocycles. The van der Waals surface area contributed by atoms with E-state index in [4.69, 9.17) is 9.84 Å². The van der Waals surface area contributed by atoms with Gasteiger partial charge in [-0.3, -0.25) is 4.79 Å². The number of hydrogen-bond donors (Lipinski definition) is 2. The van der Waals surface area contributed by atoms with Gasteiger partial charge in [0, 0.05) is 18.6 Å². The zero-order chi connectivity index (χ0) is 15.2. The number of methoxy groups -OCH3 is 1. The van der Waals surface area contributed by atoms with E-state index in [1.165, 1.54) is 0 Å². The van der Waals surface area contributed by atoms with Crippen LogP contribution in [0.4, 0.5) is 0 Å². The highest BCUT2D eigenvalue weighted by Crippen LogP contribution is 2.27. The number of nitrogens with one attached hydrogen (secondary N) is 1. The molecule has 4 nitrogen and oxygen atoms in total. The Kier molecular flexibility index (Phi) is 6.02. The number of rotatable bonds is 7. The van der Waals surface area contributed by atoms with Crippen LogP contribution in [0.1, 0.15) is 26.3 Å². The molecule has 20 heavy (non-hydrogen) atoms. The Labute approximate surface area is 121 Å². The Hall–Kier alpha value is -1.55. The van der Waals surface area contributed by atoms with E-state index in [9.17, 15) is 4.79 Å². The molecule has 2 N–H and O–H groups in total. The summed E-state index contributed by atoms with van der Waals surface area (Å²) in [6, 6.07) is 7.74. The van der Waals surface area contributed by atoms with Crippen molar-refractivity contribution in [3.8, 4) is 5.75 Å². The van der Waals surface area contributed by atoms with Crippen molar-refractivity contribution in [2.75, 3.05) is 20.3 Å². The van der Waals surface area contributed by atoms with Crippen molar-refractivity contribution in [1.82, 2.24) is 5.32 Å². The zero-order valence-corrected chi connectivity index (χ0v) is 12.8. The fourth-order valence-electron chi connectivity index (χ4n) is 1.98. The third kappa shape index (κ3) is 4.53. The van der Waals surface area contributed by atoms with Crippen LogP contribution >= 0.6 is 0 Å². The molecule has 0 aliphatic carbocycles. The average Bonchev–Trinajstić information content (AvgIpc) is 2.44. The summed E-state index contributed by atoms with van der Waals surface area (Å²) >= 11 is 0. The van der Waals surface area contributed by atoms with Gasteiger partial charge in [-0.05, 0) is 24.0 Å². The monoisotopic (exact) mass is 279 g/mol. The van der Waals surface area contributed by atoms with Crippen LogP contribution in [0.25, 0.3) is 0 Å². The molecule has 0 saturated heterocycles. The van der Waals surface area contributed by atoms with Gasteiger partial charge < -0.3 is 15.2 Å². The first-order chi connectivity index (χ1) is 9.40. The van der Waals surface area contributed by atoms with Crippen molar-refractivity contribution >= 4 is 5.91 Å². The molecule has 0 aliphatic heterocycles. The fourth-order valence-corrected chi connectivity index (χ4v) is 1.98. The molecule has 0 fully saturated rings. The summed E-state index contributed by atoms with van der Waals surface area (Å²) in [5.74, 6) is 0.863. The average molecular weight is 279 g/mol. The lowest BCUT2D eigenvalue weighted by Crippen LogP contribution is -2.40. The molecule has 0 radical (unpaired) electrons. The van der Waals surface area contributed by atoms with Gasteiger partial charge in [0.15, 0.2) is 0 Å². The number of amides is 1. The van der Waals surface area contributed by atoms with Gasteiger partial charge >= 0.3 is 0 Å². The molecule has 1 aromatic rings. The molecular weight excluding hydrogens is 254 g/mol. The standard InChI is InChI=1S/C16H25NO3/c1-12(11-18)10-17-15(19)16(2,3)9-13-7-5-6-8-14(13)20-4/h5-8,12,18H,9-11H2,1-4H3,(H,17,19). The maximum Gasteiger partial charge on any atom is 0.226 e. The summed E-state index contributed by atoms with van der Waals surface area (Å²) < 4.78 is 5.32. The number of ether oxygens (including phenoxy) is 1. The maximum atomic E-state index is 12.3. The molecule has 1 atom stereocenters. The van der Waals surface area contributed by atoms with Crippen LogP contribution in [0.2, 0.25) is 0 Å². The first kappa shape index (κ1) is 16.5. The molecule has 4 heteroatoms. The lowest BCUT2D eigenvalue weighted by Gasteiger charge is -2.25. The quantitative estimate of drug-likeness (QED) is 0.802. The molecule has 0 spiro atoms. The second kappa shape index (κ2) is 7.29. The minimum atomic E-state index is -0.524. The predicted molar refractivity (Wildman–Crippen MR) is 79.7 cm³/mol.